The number of anilines is 1. The van der Waals surface area contributed by atoms with Crippen molar-refractivity contribution in [2.45, 2.75) is 19.0 Å². The lowest BCUT2D eigenvalue weighted by Gasteiger charge is -2.23. The zero-order valence-electron chi connectivity index (χ0n) is 10.2. The third-order valence-electron chi connectivity index (χ3n) is 3.30. The molecule has 1 heterocycles. The summed E-state index contributed by atoms with van der Waals surface area (Å²) in [6.07, 6.45) is -3.77. The van der Waals surface area contributed by atoms with Crippen molar-refractivity contribution in [3.63, 3.8) is 0 Å². The fraction of sp³-hybridized carbons (Fsp3) is 0.462. The highest BCUT2D eigenvalue weighted by Crippen LogP contribution is 2.38. The Kier molecular flexibility index (Phi) is 3.68. The second-order valence-corrected chi connectivity index (χ2v) is 4.71. The summed E-state index contributed by atoms with van der Waals surface area (Å²) in [4.78, 5) is 12.2. The number of aliphatic carboxylic acids is 1. The molecule has 1 aliphatic heterocycles. The van der Waals surface area contributed by atoms with Gasteiger partial charge >= 0.3 is 12.1 Å². The topological polar surface area (TPSA) is 40.5 Å². The van der Waals surface area contributed by atoms with Crippen LogP contribution in [0.2, 0.25) is 0 Å². The zero-order valence-corrected chi connectivity index (χ0v) is 10.2. The Morgan fingerprint density at radius 1 is 1.37 bits per heavy atom. The van der Waals surface area contributed by atoms with Crippen molar-refractivity contribution in [3.05, 3.63) is 29.8 Å². The Morgan fingerprint density at radius 3 is 2.68 bits per heavy atom. The highest BCUT2D eigenvalue weighted by atomic mass is 19.4. The maximum atomic E-state index is 12.9. The Bertz CT molecular complexity index is 473. The van der Waals surface area contributed by atoms with Crippen LogP contribution in [0, 0.1) is 5.92 Å². The van der Waals surface area contributed by atoms with E-state index in [1.165, 1.54) is 12.1 Å². The van der Waals surface area contributed by atoms with Crippen LogP contribution >= 0.6 is 0 Å². The number of para-hydroxylation sites is 1. The SMILES string of the molecule is O=C(O)CC1CCN(c2ccccc2C(F)(F)F)C1. The molecule has 0 bridgehead atoms. The summed E-state index contributed by atoms with van der Waals surface area (Å²) in [5.41, 5.74) is -0.520. The van der Waals surface area contributed by atoms with Gasteiger partial charge in [-0.1, -0.05) is 12.1 Å². The third kappa shape index (κ3) is 3.19. The minimum Gasteiger partial charge on any atom is -0.481 e. The van der Waals surface area contributed by atoms with Crippen LogP contribution in [0.4, 0.5) is 18.9 Å². The Labute approximate surface area is 108 Å². The number of hydrogen-bond acceptors (Lipinski definition) is 2. The summed E-state index contributed by atoms with van der Waals surface area (Å²) in [5, 5.41) is 8.72. The quantitative estimate of drug-likeness (QED) is 0.920. The van der Waals surface area contributed by atoms with Gasteiger partial charge in [0, 0.05) is 25.2 Å². The molecular formula is C13H14F3NO2. The number of carbonyl (C=O) groups is 1. The summed E-state index contributed by atoms with van der Waals surface area (Å²) in [6, 6.07) is 5.41. The van der Waals surface area contributed by atoms with Crippen LogP contribution < -0.4 is 4.90 Å². The highest BCUT2D eigenvalue weighted by molar-refractivity contribution is 5.67. The molecule has 6 heteroatoms. The largest absolute Gasteiger partial charge is 0.481 e. The third-order valence-corrected chi connectivity index (χ3v) is 3.30. The van der Waals surface area contributed by atoms with Crippen molar-refractivity contribution in [3.8, 4) is 0 Å². The average molecular weight is 273 g/mol. The predicted molar refractivity (Wildman–Crippen MR) is 64.0 cm³/mol. The van der Waals surface area contributed by atoms with Gasteiger partial charge < -0.3 is 10.0 Å². The number of nitrogens with zero attached hydrogens (tertiary/aromatic N) is 1. The van der Waals surface area contributed by atoms with Crippen LogP contribution in [0.25, 0.3) is 0 Å². The van der Waals surface area contributed by atoms with Crippen molar-refractivity contribution < 1.29 is 23.1 Å². The van der Waals surface area contributed by atoms with E-state index in [0.717, 1.165) is 6.07 Å². The maximum absolute atomic E-state index is 12.9. The smallest absolute Gasteiger partial charge is 0.418 e. The molecule has 0 radical (unpaired) electrons. The van der Waals surface area contributed by atoms with Gasteiger partial charge in [-0.25, -0.2) is 0 Å². The van der Waals surface area contributed by atoms with Crippen LogP contribution in [-0.2, 0) is 11.0 Å². The molecule has 1 fully saturated rings. The fourth-order valence-electron chi connectivity index (χ4n) is 2.45. The second-order valence-electron chi connectivity index (χ2n) is 4.71. The second kappa shape index (κ2) is 5.11. The van der Waals surface area contributed by atoms with Gasteiger partial charge in [-0.05, 0) is 24.5 Å². The van der Waals surface area contributed by atoms with Gasteiger partial charge in [0.2, 0.25) is 0 Å². The monoisotopic (exact) mass is 273 g/mol. The lowest BCUT2D eigenvalue weighted by molar-refractivity contribution is -0.138. The van der Waals surface area contributed by atoms with E-state index in [0.29, 0.717) is 19.5 Å². The lowest BCUT2D eigenvalue weighted by Crippen LogP contribution is -2.23. The molecule has 1 N–H and O–H groups in total. The molecule has 0 saturated carbocycles. The Hall–Kier alpha value is -1.72. The first-order chi connectivity index (χ1) is 8.88. The highest BCUT2D eigenvalue weighted by Gasteiger charge is 2.36. The van der Waals surface area contributed by atoms with Crippen LogP contribution in [0.5, 0.6) is 0 Å². The number of hydrogen-bond donors (Lipinski definition) is 1. The van der Waals surface area contributed by atoms with Crippen molar-refractivity contribution in [2.24, 2.45) is 5.92 Å². The molecule has 19 heavy (non-hydrogen) atoms. The molecule has 104 valence electrons. The first kappa shape index (κ1) is 13.7. The van der Waals surface area contributed by atoms with Crippen molar-refractivity contribution in [1.82, 2.24) is 0 Å². The van der Waals surface area contributed by atoms with Crippen molar-refractivity contribution >= 4 is 11.7 Å². The van der Waals surface area contributed by atoms with Gasteiger partial charge in [0.15, 0.2) is 0 Å². The average Bonchev–Trinajstić information content (AvgIpc) is 2.75. The zero-order chi connectivity index (χ0) is 14.0. The first-order valence-corrected chi connectivity index (χ1v) is 6.01. The number of halogens is 3. The number of rotatable bonds is 3. The normalized spacial score (nSPS) is 19.7. The number of carboxylic acids is 1. The van der Waals surface area contributed by atoms with Gasteiger partial charge in [0.1, 0.15) is 0 Å². The van der Waals surface area contributed by atoms with Crippen LogP contribution in [0.3, 0.4) is 0 Å². The molecule has 0 spiro atoms. The number of alkyl halides is 3. The van der Waals surface area contributed by atoms with Gasteiger partial charge in [-0.2, -0.15) is 13.2 Å². The van der Waals surface area contributed by atoms with E-state index in [1.54, 1.807) is 11.0 Å². The minimum absolute atomic E-state index is 0.00465. The van der Waals surface area contributed by atoms with E-state index in [1.807, 2.05) is 0 Å². The molecular weight excluding hydrogens is 259 g/mol. The molecule has 1 saturated heterocycles. The molecule has 3 nitrogen and oxygen atoms in total. The molecule has 2 rings (SSSR count). The summed E-state index contributed by atoms with van der Waals surface area (Å²) in [6.45, 7) is 0.824. The van der Waals surface area contributed by atoms with E-state index >= 15 is 0 Å². The summed E-state index contributed by atoms with van der Waals surface area (Å²) in [7, 11) is 0. The summed E-state index contributed by atoms with van der Waals surface area (Å²) >= 11 is 0. The maximum Gasteiger partial charge on any atom is 0.418 e. The van der Waals surface area contributed by atoms with Crippen LogP contribution in [0.15, 0.2) is 24.3 Å². The Morgan fingerprint density at radius 2 is 2.05 bits per heavy atom. The summed E-state index contributed by atoms with van der Waals surface area (Å²) < 4.78 is 38.7. The van der Waals surface area contributed by atoms with E-state index < -0.39 is 17.7 Å². The van der Waals surface area contributed by atoms with E-state index in [4.69, 9.17) is 5.11 Å². The Balaban J connectivity index is 2.18. The van der Waals surface area contributed by atoms with E-state index in [2.05, 4.69) is 0 Å². The van der Waals surface area contributed by atoms with Gasteiger partial charge in [0.25, 0.3) is 0 Å². The first-order valence-electron chi connectivity index (χ1n) is 6.01. The molecule has 1 unspecified atom stereocenters. The molecule has 1 atom stereocenters. The van der Waals surface area contributed by atoms with Crippen LogP contribution in [-0.4, -0.2) is 24.2 Å². The summed E-state index contributed by atoms with van der Waals surface area (Å²) in [5.74, 6) is -0.991. The minimum atomic E-state index is -4.39. The van der Waals surface area contributed by atoms with Gasteiger partial charge in [0.05, 0.1) is 5.56 Å². The predicted octanol–water partition coefficient (Wildman–Crippen LogP) is 3.01. The van der Waals surface area contributed by atoms with Gasteiger partial charge in [-0.3, -0.25) is 4.79 Å². The van der Waals surface area contributed by atoms with E-state index in [9.17, 15) is 18.0 Å². The molecule has 1 aliphatic rings. The number of carboxylic acid groups (broad SMARTS) is 1. The van der Waals surface area contributed by atoms with Crippen molar-refractivity contribution in [2.75, 3.05) is 18.0 Å². The fourth-order valence-corrected chi connectivity index (χ4v) is 2.45. The lowest BCUT2D eigenvalue weighted by atomic mass is 10.1. The van der Waals surface area contributed by atoms with E-state index in [-0.39, 0.29) is 18.0 Å². The molecule has 1 aromatic rings. The van der Waals surface area contributed by atoms with Crippen molar-refractivity contribution in [1.29, 1.82) is 0 Å². The molecule has 1 aromatic carbocycles. The van der Waals surface area contributed by atoms with Gasteiger partial charge in [-0.15, -0.1) is 0 Å². The molecule has 0 amide bonds. The number of benzene rings is 1. The molecule has 0 aliphatic carbocycles. The standard InChI is InChI=1S/C13H14F3NO2/c14-13(15,16)10-3-1-2-4-11(10)17-6-5-9(8-17)7-12(18)19/h1-4,9H,5-8H2,(H,18,19). The molecule has 0 aromatic heterocycles. The van der Waals surface area contributed by atoms with Crippen LogP contribution in [0.1, 0.15) is 18.4 Å².